The zero-order valence-electron chi connectivity index (χ0n) is 14.7. The number of nitrogens with one attached hydrogen (secondary N) is 1. The van der Waals surface area contributed by atoms with Crippen molar-refractivity contribution in [3.63, 3.8) is 0 Å². The molecule has 2 aromatic heterocycles. The number of aromatic carboxylic acids is 1. The summed E-state index contributed by atoms with van der Waals surface area (Å²) in [6.07, 6.45) is 4.50. The number of aromatic nitrogens is 2. The molecule has 0 atom stereocenters. The number of azide groups is 1. The number of hydrogen-bond donors (Lipinski definition) is 2. The molecule has 2 aromatic rings. The third-order valence-electron chi connectivity index (χ3n) is 4.92. The lowest BCUT2D eigenvalue weighted by Crippen LogP contribution is -2.28. The van der Waals surface area contributed by atoms with Gasteiger partial charge in [0.2, 0.25) is 5.43 Å². The van der Waals surface area contributed by atoms with Crippen molar-refractivity contribution < 1.29 is 14.3 Å². The summed E-state index contributed by atoms with van der Waals surface area (Å²) in [5.74, 6) is -1.68. The lowest BCUT2D eigenvalue weighted by atomic mass is 9.86. The number of nitrogens with zero attached hydrogens (tertiary/aromatic N) is 5. The van der Waals surface area contributed by atoms with Gasteiger partial charge < -0.3 is 15.0 Å². The molecule has 0 amide bonds. The normalized spacial score (nSPS) is 19.5. The first-order valence-electron chi connectivity index (χ1n) is 8.61. The second-order valence-corrected chi connectivity index (χ2v) is 6.75. The van der Waals surface area contributed by atoms with Gasteiger partial charge in [-0.1, -0.05) is 5.11 Å². The molecule has 0 spiro atoms. The molecule has 10 heteroatoms. The Bertz CT molecular complexity index is 990. The molecule has 0 bridgehead atoms. The highest BCUT2D eigenvalue weighted by molar-refractivity contribution is 5.92. The molecule has 0 aromatic carbocycles. The third kappa shape index (κ3) is 3.85. The number of hydrogen-bond acceptors (Lipinski definition) is 5. The second-order valence-electron chi connectivity index (χ2n) is 6.75. The minimum absolute atomic E-state index is 0.0297. The SMILES string of the molecule is Cn1cc(C(=O)O)c(=O)c2cc(F)c(NC3CCC(CN=[N+]=[N-])CC3)nc21. The smallest absolute Gasteiger partial charge is 0.341 e. The van der Waals surface area contributed by atoms with E-state index in [0.717, 1.165) is 31.7 Å². The maximum Gasteiger partial charge on any atom is 0.341 e. The molecule has 0 radical (unpaired) electrons. The van der Waals surface area contributed by atoms with E-state index in [-0.39, 0.29) is 22.9 Å². The fourth-order valence-electron chi connectivity index (χ4n) is 3.46. The molecule has 2 heterocycles. The van der Waals surface area contributed by atoms with Crippen molar-refractivity contribution in [1.29, 1.82) is 0 Å². The van der Waals surface area contributed by atoms with Gasteiger partial charge in [0.05, 0.1) is 5.39 Å². The van der Waals surface area contributed by atoms with Crippen LogP contribution in [-0.4, -0.2) is 33.2 Å². The van der Waals surface area contributed by atoms with E-state index in [1.54, 1.807) is 7.05 Å². The molecule has 1 saturated carbocycles. The molecule has 0 unspecified atom stereocenters. The quantitative estimate of drug-likeness (QED) is 0.471. The van der Waals surface area contributed by atoms with Gasteiger partial charge in [-0.25, -0.2) is 14.2 Å². The molecular formula is C17H19FN6O3. The van der Waals surface area contributed by atoms with Gasteiger partial charge in [0, 0.05) is 30.7 Å². The Morgan fingerprint density at radius 2 is 2.19 bits per heavy atom. The lowest BCUT2D eigenvalue weighted by molar-refractivity contribution is 0.0695. The van der Waals surface area contributed by atoms with Gasteiger partial charge in [-0.05, 0) is 43.2 Å². The Labute approximate surface area is 153 Å². The Kier molecular flexibility index (Phi) is 5.27. The number of rotatable bonds is 5. The van der Waals surface area contributed by atoms with Crippen molar-refractivity contribution in [2.45, 2.75) is 31.7 Å². The maximum absolute atomic E-state index is 14.5. The number of halogens is 1. The Morgan fingerprint density at radius 3 is 2.81 bits per heavy atom. The monoisotopic (exact) mass is 374 g/mol. The number of pyridine rings is 2. The summed E-state index contributed by atoms with van der Waals surface area (Å²) in [5, 5.41) is 15.7. The van der Waals surface area contributed by atoms with Crippen LogP contribution < -0.4 is 10.7 Å². The molecule has 1 aliphatic rings. The van der Waals surface area contributed by atoms with Gasteiger partial charge in [-0.3, -0.25) is 4.79 Å². The first-order chi connectivity index (χ1) is 12.9. The summed E-state index contributed by atoms with van der Waals surface area (Å²) in [6, 6.07) is 1.06. The van der Waals surface area contributed by atoms with Crippen LogP contribution in [0.1, 0.15) is 36.0 Å². The van der Waals surface area contributed by atoms with Gasteiger partial charge >= 0.3 is 5.97 Å². The van der Waals surface area contributed by atoms with E-state index in [1.807, 2.05) is 0 Å². The van der Waals surface area contributed by atoms with Crippen molar-refractivity contribution in [2.75, 3.05) is 11.9 Å². The van der Waals surface area contributed by atoms with Gasteiger partial charge in [0.25, 0.3) is 0 Å². The highest BCUT2D eigenvalue weighted by Crippen LogP contribution is 2.28. The molecule has 9 nitrogen and oxygen atoms in total. The Morgan fingerprint density at radius 1 is 1.48 bits per heavy atom. The van der Waals surface area contributed by atoms with Crippen molar-refractivity contribution >= 4 is 22.8 Å². The molecule has 27 heavy (non-hydrogen) atoms. The predicted molar refractivity (Wildman–Crippen MR) is 97.3 cm³/mol. The highest BCUT2D eigenvalue weighted by Gasteiger charge is 2.23. The molecule has 2 N–H and O–H groups in total. The molecule has 142 valence electrons. The number of carboxylic acid groups (broad SMARTS) is 1. The van der Waals surface area contributed by atoms with Crippen LogP contribution in [0.5, 0.6) is 0 Å². The number of carbonyl (C=O) groups is 1. The fraction of sp³-hybridized carbons (Fsp3) is 0.471. The first kappa shape index (κ1) is 18.7. The second kappa shape index (κ2) is 7.63. The maximum atomic E-state index is 14.5. The van der Waals surface area contributed by atoms with Crippen LogP contribution in [-0.2, 0) is 7.05 Å². The van der Waals surface area contributed by atoms with Crippen LogP contribution in [0, 0.1) is 11.7 Å². The summed E-state index contributed by atoms with van der Waals surface area (Å²) in [6.45, 7) is 0.472. The van der Waals surface area contributed by atoms with Gasteiger partial charge in [0.1, 0.15) is 11.2 Å². The van der Waals surface area contributed by atoms with Crippen molar-refractivity contribution in [1.82, 2.24) is 9.55 Å². The third-order valence-corrected chi connectivity index (χ3v) is 4.92. The zero-order chi connectivity index (χ0) is 19.6. The average molecular weight is 374 g/mol. The molecule has 3 rings (SSSR count). The molecule has 1 fully saturated rings. The number of anilines is 1. The summed E-state index contributed by atoms with van der Waals surface area (Å²) >= 11 is 0. The Hall–Kier alpha value is -3.13. The summed E-state index contributed by atoms with van der Waals surface area (Å²) in [5.41, 5.74) is 7.42. The molecule has 1 aliphatic carbocycles. The lowest BCUT2D eigenvalue weighted by Gasteiger charge is -2.28. The summed E-state index contributed by atoms with van der Waals surface area (Å²) in [4.78, 5) is 30.4. The van der Waals surface area contributed by atoms with Gasteiger partial charge in [0.15, 0.2) is 11.6 Å². The van der Waals surface area contributed by atoms with Crippen molar-refractivity contribution in [3.05, 3.63) is 44.3 Å². The van der Waals surface area contributed by atoms with Gasteiger partial charge in [-0.2, -0.15) is 0 Å². The molecular weight excluding hydrogens is 355 g/mol. The van der Waals surface area contributed by atoms with E-state index in [1.165, 1.54) is 10.8 Å². The van der Waals surface area contributed by atoms with E-state index in [2.05, 4.69) is 20.3 Å². The summed E-state index contributed by atoms with van der Waals surface area (Å²) in [7, 11) is 1.56. The number of aryl methyl sites for hydroxylation is 1. The minimum atomic E-state index is -1.36. The predicted octanol–water partition coefficient (Wildman–Crippen LogP) is 3.05. The van der Waals surface area contributed by atoms with E-state index in [4.69, 9.17) is 10.6 Å². The van der Waals surface area contributed by atoms with Crippen LogP contribution >= 0.6 is 0 Å². The van der Waals surface area contributed by atoms with Gasteiger partial charge in [-0.15, -0.1) is 0 Å². The van der Waals surface area contributed by atoms with Crippen LogP contribution in [0.25, 0.3) is 21.5 Å². The van der Waals surface area contributed by atoms with E-state index >= 15 is 0 Å². The van der Waals surface area contributed by atoms with Crippen LogP contribution in [0.2, 0.25) is 0 Å². The van der Waals surface area contributed by atoms with Crippen molar-refractivity contribution in [2.24, 2.45) is 18.1 Å². The standard InChI is InChI=1S/C17H19FN6O3/c1-24-8-12(17(26)27)14(25)11-6-13(18)15(22-16(11)24)21-10-4-2-9(3-5-10)7-20-23-19/h6,8-10H,2-5,7H2,1H3,(H,21,22)(H,26,27). The van der Waals surface area contributed by atoms with Crippen LogP contribution in [0.4, 0.5) is 10.2 Å². The average Bonchev–Trinajstić information content (AvgIpc) is 2.65. The first-order valence-corrected chi connectivity index (χ1v) is 8.61. The number of fused-ring (bicyclic) bond motifs is 1. The van der Waals surface area contributed by atoms with Crippen molar-refractivity contribution in [3.8, 4) is 0 Å². The number of carboxylic acids is 1. The van der Waals surface area contributed by atoms with E-state index in [0.29, 0.717) is 12.5 Å². The molecule has 0 aliphatic heterocycles. The fourth-order valence-corrected chi connectivity index (χ4v) is 3.46. The van der Waals surface area contributed by atoms with E-state index in [9.17, 15) is 14.0 Å². The van der Waals surface area contributed by atoms with E-state index < -0.39 is 22.8 Å². The zero-order valence-corrected chi connectivity index (χ0v) is 14.7. The highest BCUT2D eigenvalue weighted by atomic mass is 19.1. The summed E-state index contributed by atoms with van der Waals surface area (Å²) < 4.78 is 15.9. The van der Waals surface area contributed by atoms with Crippen LogP contribution in [0.15, 0.2) is 22.2 Å². The molecule has 0 saturated heterocycles. The van der Waals surface area contributed by atoms with Crippen LogP contribution in [0.3, 0.4) is 0 Å². The minimum Gasteiger partial charge on any atom is -0.477 e. The topological polar surface area (TPSA) is 133 Å². The largest absolute Gasteiger partial charge is 0.477 e. The Balaban J connectivity index is 1.84.